The van der Waals surface area contributed by atoms with Crippen molar-refractivity contribution < 1.29 is 9.21 Å². The van der Waals surface area contributed by atoms with E-state index in [1.165, 1.54) is 11.8 Å². The van der Waals surface area contributed by atoms with E-state index in [2.05, 4.69) is 11.1 Å². The lowest BCUT2D eigenvalue weighted by molar-refractivity contribution is -0.129. The highest BCUT2D eigenvalue weighted by Gasteiger charge is 2.17. The van der Waals surface area contributed by atoms with Crippen LogP contribution in [0, 0.1) is 11.3 Å². The van der Waals surface area contributed by atoms with Crippen LogP contribution in [0.5, 0.6) is 0 Å². The van der Waals surface area contributed by atoms with Crippen molar-refractivity contribution in [3.63, 3.8) is 0 Å². The van der Waals surface area contributed by atoms with Crippen LogP contribution in [0.1, 0.15) is 12.2 Å². The lowest BCUT2D eigenvalue weighted by Gasteiger charge is -2.20. The number of carbonyl (C=O) groups excluding carboxylic acids is 1. The van der Waals surface area contributed by atoms with E-state index < -0.39 is 0 Å². The second-order valence-electron chi connectivity index (χ2n) is 5.53. The Hall–Kier alpha value is -2.72. The zero-order valence-corrected chi connectivity index (χ0v) is 14.7. The summed E-state index contributed by atoms with van der Waals surface area (Å²) in [6, 6.07) is 13.6. The average molecular weight is 354 g/mol. The van der Waals surface area contributed by atoms with E-state index in [0.717, 1.165) is 16.2 Å². The molecular weight excluding hydrogens is 336 g/mol. The molecule has 0 aliphatic rings. The zero-order valence-electron chi connectivity index (χ0n) is 13.9. The molecule has 0 saturated heterocycles. The molecule has 7 heteroatoms. The first-order valence-electron chi connectivity index (χ1n) is 7.90. The van der Waals surface area contributed by atoms with Gasteiger partial charge in [0.15, 0.2) is 5.16 Å². The van der Waals surface area contributed by atoms with Gasteiger partial charge in [-0.15, -0.1) is 0 Å². The van der Waals surface area contributed by atoms with Crippen LogP contribution in [0.2, 0.25) is 0 Å². The molecule has 0 spiro atoms. The predicted octanol–water partition coefficient (Wildman–Crippen LogP) is 3.20. The molecule has 3 aromatic rings. The Morgan fingerprint density at radius 3 is 2.92 bits per heavy atom. The van der Waals surface area contributed by atoms with Crippen LogP contribution < -0.4 is 0 Å². The van der Waals surface area contributed by atoms with Crippen molar-refractivity contribution in [1.82, 2.24) is 14.5 Å². The van der Waals surface area contributed by atoms with Gasteiger partial charge in [0.2, 0.25) is 5.91 Å². The Balaban J connectivity index is 1.67. The number of hydrogen-bond donors (Lipinski definition) is 0. The molecule has 6 nitrogen and oxygen atoms in total. The van der Waals surface area contributed by atoms with Crippen LogP contribution >= 0.6 is 11.8 Å². The maximum atomic E-state index is 12.6. The number of aromatic nitrogens is 2. The lowest BCUT2D eigenvalue weighted by atomic mass is 10.3. The molecule has 0 bridgehead atoms. The van der Waals surface area contributed by atoms with Gasteiger partial charge in [0.05, 0.1) is 42.1 Å². The van der Waals surface area contributed by atoms with Crippen LogP contribution in [-0.4, -0.2) is 32.7 Å². The van der Waals surface area contributed by atoms with Crippen LogP contribution in [0.25, 0.3) is 11.0 Å². The number of para-hydroxylation sites is 2. The molecule has 1 amide bonds. The Morgan fingerprint density at radius 2 is 2.20 bits per heavy atom. The van der Waals surface area contributed by atoms with E-state index in [4.69, 9.17) is 9.68 Å². The third-order valence-electron chi connectivity index (χ3n) is 3.84. The van der Waals surface area contributed by atoms with E-state index in [9.17, 15) is 4.79 Å². The van der Waals surface area contributed by atoms with Gasteiger partial charge in [-0.2, -0.15) is 5.26 Å². The Labute approximate surface area is 150 Å². The van der Waals surface area contributed by atoms with Crippen LogP contribution in [0.3, 0.4) is 0 Å². The molecule has 3 rings (SSSR count). The molecule has 2 aromatic heterocycles. The molecule has 0 aliphatic heterocycles. The number of nitrogens with zero attached hydrogens (tertiary/aromatic N) is 4. The molecule has 128 valence electrons. The Morgan fingerprint density at radius 1 is 1.36 bits per heavy atom. The topological polar surface area (TPSA) is 75.1 Å². The summed E-state index contributed by atoms with van der Waals surface area (Å²) in [6.07, 6.45) is 1.87. The van der Waals surface area contributed by atoms with Gasteiger partial charge in [-0.05, 0) is 24.3 Å². The van der Waals surface area contributed by atoms with Crippen molar-refractivity contribution in [1.29, 1.82) is 5.26 Å². The van der Waals surface area contributed by atoms with Gasteiger partial charge in [0.25, 0.3) is 0 Å². The van der Waals surface area contributed by atoms with E-state index in [1.54, 1.807) is 17.2 Å². The summed E-state index contributed by atoms with van der Waals surface area (Å²) >= 11 is 1.40. The minimum atomic E-state index is -0.0382. The number of thioether (sulfide) groups is 1. The molecule has 0 saturated carbocycles. The first-order chi connectivity index (χ1) is 12.2. The van der Waals surface area contributed by atoms with Gasteiger partial charge in [-0.1, -0.05) is 23.9 Å². The van der Waals surface area contributed by atoms with Gasteiger partial charge in [-0.25, -0.2) is 4.98 Å². The molecule has 0 unspecified atom stereocenters. The quantitative estimate of drug-likeness (QED) is 0.609. The number of imidazole rings is 1. The minimum Gasteiger partial charge on any atom is -0.467 e. The Kier molecular flexibility index (Phi) is 5.41. The predicted molar refractivity (Wildman–Crippen MR) is 95.8 cm³/mol. The van der Waals surface area contributed by atoms with Crippen LogP contribution in [0.15, 0.2) is 52.2 Å². The third-order valence-corrected chi connectivity index (χ3v) is 4.86. The summed E-state index contributed by atoms with van der Waals surface area (Å²) in [5.74, 6) is 0.936. The number of benzene rings is 1. The maximum absolute atomic E-state index is 12.6. The van der Waals surface area contributed by atoms with Crippen molar-refractivity contribution in [3.05, 3.63) is 48.4 Å². The number of carbonyl (C=O) groups is 1. The average Bonchev–Trinajstić information content (AvgIpc) is 3.25. The van der Waals surface area contributed by atoms with Crippen molar-refractivity contribution in [3.8, 4) is 6.07 Å². The number of hydrogen-bond acceptors (Lipinski definition) is 5. The second-order valence-corrected chi connectivity index (χ2v) is 6.48. The molecular formula is C18H18N4O2S. The number of fused-ring (bicyclic) bond motifs is 1. The fourth-order valence-corrected chi connectivity index (χ4v) is 3.43. The SMILES string of the molecule is Cn1c(SCC(=O)N(CCC#N)Cc2ccco2)nc2ccccc21. The number of nitriles is 1. The number of amides is 1. The zero-order chi connectivity index (χ0) is 17.6. The van der Waals surface area contributed by atoms with Crippen LogP contribution in [-0.2, 0) is 18.4 Å². The van der Waals surface area contributed by atoms with E-state index in [1.807, 2.05) is 41.9 Å². The molecule has 0 fully saturated rings. The maximum Gasteiger partial charge on any atom is 0.233 e. The minimum absolute atomic E-state index is 0.0382. The molecule has 2 heterocycles. The Bertz CT molecular complexity index is 896. The van der Waals surface area contributed by atoms with Crippen LogP contribution in [0.4, 0.5) is 0 Å². The molecule has 0 N–H and O–H groups in total. The molecule has 25 heavy (non-hydrogen) atoms. The summed E-state index contributed by atoms with van der Waals surface area (Å²) in [4.78, 5) is 18.8. The first-order valence-corrected chi connectivity index (χ1v) is 8.89. The largest absolute Gasteiger partial charge is 0.467 e. The van der Waals surface area contributed by atoms with Gasteiger partial charge < -0.3 is 13.9 Å². The van der Waals surface area contributed by atoms with Crippen molar-refractivity contribution >= 4 is 28.7 Å². The van der Waals surface area contributed by atoms with Gasteiger partial charge in [0, 0.05) is 13.6 Å². The fraction of sp³-hybridized carbons (Fsp3) is 0.278. The normalized spacial score (nSPS) is 10.7. The lowest BCUT2D eigenvalue weighted by Crippen LogP contribution is -2.32. The van der Waals surface area contributed by atoms with E-state index in [-0.39, 0.29) is 11.7 Å². The highest BCUT2D eigenvalue weighted by molar-refractivity contribution is 7.99. The molecule has 0 atom stereocenters. The van der Waals surface area contributed by atoms with E-state index >= 15 is 0 Å². The highest BCUT2D eigenvalue weighted by atomic mass is 32.2. The second kappa shape index (κ2) is 7.90. The summed E-state index contributed by atoms with van der Waals surface area (Å²) in [5, 5.41) is 9.62. The molecule has 1 aromatic carbocycles. The van der Waals surface area contributed by atoms with Gasteiger partial charge in [-0.3, -0.25) is 4.79 Å². The van der Waals surface area contributed by atoms with Gasteiger partial charge >= 0.3 is 0 Å². The number of rotatable bonds is 7. The molecule has 0 aliphatic carbocycles. The fourth-order valence-electron chi connectivity index (χ4n) is 2.54. The summed E-state index contributed by atoms with van der Waals surface area (Å²) in [5.41, 5.74) is 1.95. The number of aryl methyl sites for hydroxylation is 1. The first kappa shape index (κ1) is 17.1. The number of furan rings is 1. The highest BCUT2D eigenvalue weighted by Crippen LogP contribution is 2.23. The third kappa shape index (κ3) is 4.03. The molecule has 0 radical (unpaired) electrons. The standard InChI is InChI=1S/C18H18N4O2S/c1-21-16-8-3-2-7-15(16)20-18(21)25-13-17(23)22(10-5-9-19)12-14-6-4-11-24-14/h2-4,6-8,11H,5,10,12-13H2,1H3. The van der Waals surface area contributed by atoms with E-state index in [0.29, 0.717) is 25.3 Å². The van der Waals surface area contributed by atoms with Crippen molar-refractivity contribution in [2.24, 2.45) is 7.05 Å². The summed E-state index contributed by atoms with van der Waals surface area (Å²) in [7, 11) is 1.94. The smallest absolute Gasteiger partial charge is 0.233 e. The summed E-state index contributed by atoms with van der Waals surface area (Å²) in [6.45, 7) is 0.760. The summed E-state index contributed by atoms with van der Waals surface area (Å²) < 4.78 is 7.30. The van der Waals surface area contributed by atoms with Crippen molar-refractivity contribution in [2.75, 3.05) is 12.3 Å². The van der Waals surface area contributed by atoms with Gasteiger partial charge in [0.1, 0.15) is 5.76 Å². The monoisotopic (exact) mass is 354 g/mol. The van der Waals surface area contributed by atoms with Crippen molar-refractivity contribution in [2.45, 2.75) is 18.1 Å².